The molecule has 1 fully saturated rings. The Bertz CT molecular complexity index is 614. The van der Waals surface area contributed by atoms with Crippen LogP contribution in [0.25, 0.3) is 0 Å². The summed E-state index contributed by atoms with van der Waals surface area (Å²) in [5.74, 6) is 0.0600. The first-order valence-electron chi connectivity index (χ1n) is 8.32. The molecule has 0 radical (unpaired) electrons. The molecule has 1 saturated heterocycles. The minimum Gasteiger partial charge on any atom is -0.351 e. The van der Waals surface area contributed by atoms with Crippen LogP contribution in [0, 0.1) is 12.8 Å². The van der Waals surface area contributed by atoms with E-state index in [0.29, 0.717) is 12.5 Å². The number of hydrogen-bond donors (Lipinski definition) is 1. The van der Waals surface area contributed by atoms with Crippen LogP contribution in [-0.2, 0) is 9.59 Å². The van der Waals surface area contributed by atoms with Crippen molar-refractivity contribution in [1.29, 1.82) is 0 Å². The Morgan fingerprint density at radius 1 is 1.30 bits per heavy atom. The second kappa shape index (κ2) is 6.34. The Labute approximate surface area is 139 Å². The summed E-state index contributed by atoms with van der Waals surface area (Å²) in [6.07, 6.45) is 0.285. The molecule has 1 aromatic carbocycles. The lowest BCUT2D eigenvalue weighted by Crippen LogP contribution is -2.44. The number of hydrogen-bond acceptors (Lipinski definition) is 2. The number of carbonyl (C=O) groups excluding carboxylic acids is 2. The fraction of sp³-hybridized carbons (Fsp3) is 0.579. The summed E-state index contributed by atoms with van der Waals surface area (Å²) in [5, 5.41) is 2.99. The third-order valence-corrected chi connectivity index (χ3v) is 4.15. The largest absolute Gasteiger partial charge is 0.351 e. The second-order valence-corrected chi connectivity index (χ2v) is 7.81. The van der Waals surface area contributed by atoms with Crippen molar-refractivity contribution < 1.29 is 9.59 Å². The number of nitrogens with one attached hydrogen (secondary N) is 1. The summed E-state index contributed by atoms with van der Waals surface area (Å²) in [4.78, 5) is 26.7. The van der Waals surface area contributed by atoms with Gasteiger partial charge in [-0.3, -0.25) is 9.59 Å². The molecule has 126 valence electrons. The highest BCUT2D eigenvalue weighted by Gasteiger charge is 2.37. The fourth-order valence-electron chi connectivity index (χ4n) is 3.09. The van der Waals surface area contributed by atoms with Crippen LogP contribution in [0.15, 0.2) is 18.2 Å². The van der Waals surface area contributed by atoms with Crippen molar-refractivity contribution >= 4 is 17.5 Å². The normalized spacial score (nSPS) is 18.7. The molecule has 1 aliphatic heterocycles. The molecule has 1 atom stereocenters. The summed E-state index contributed by atoms with van der Waals surface area (Å²) < 4.78 is 0. The van der Waals surface area contributed by atoms with E-state index in [-0.39, 0.29) is 29.7 Å². The topological polar surface area (TPSA) is 49.4 Å². The first-order chi connectivity index (χ1) is 10.6. The number of nitrogens with zero attached hydrogens (tertiary/aromatic N) is 1. The van der Waals surface area contributed by atoms with Crippen molar-refractivity contribution in [3.63, 3.8) is 0 Å². The number of para-hydroxylation sites is 1. The lowest BCUT2D eigenvalue weighted by atomic mass is 9.97. The van der Waals surface area contributed by atoms with Crippen LogP contribution in [-0.4, -0.2) is 23.9 Å². The van der Waals surface area contributed by atoms with Crippen molar-refractivity contribution in [3.8, 4) is 0 Å². The predicted molar refractivity (Wildman–Crippen MR) is 93.6 cm³/mol. The van der Waals surface area contributed by atoms with E-state index < -0.39 is 0 Å². The second-order valence-electron chi connectivity index (χ2n) is 7.81. The van der Waals surface area contributed by atoms with Gasteiger partial charge in [-0.25, -0.2) is 0 Å². The van der Waals surface area contributed by atoms with Crippen molar-refractivity contribution in [1.82, 2.24) is 5.32 Å². The molecule has 0 aromatic heterocycles. The fourth-order valence-corrected chi connectivity index (χ4v) is 3.09. The highest BCUT2D eigenvalue weighted by atomic mass is 16.2. The Morgan fingerprint density at radius 2 is 1.96 bits per heavy atom. The van der Waals surface area contributed by atoms with Gasteiger partial charge in [0.1, 0.15) is 0 Å². The quantitative estimate of drug-likeness (QED) is 0.929. The van der Waals surface area contributed by atoms with Gasteiger partial charge in [-0.1, -0.05) is 32.0 Å². The zero-order valence-electron chi connectivity index (χ0n) is 15.1. The summed E-state index contributed by atoms with van der Waals surface area (Å²) in [7, 11) is 0. The molecule has 1 heterocycles. The van der Waals surface area contributed by atoms with Crippen molar-refractivity contribution in [3.05, 3.63) is 29.3 Å². The van der Waals surface area contributed by atoms with Crippen LogP contribution in [0.2, 0.25) is 0 Å². The van der Waals surface area contributed by atoms with Crippen LogP contribution in [0.3, 0.4) is 0 Å². The van der Waals surface area contributed by atoms with Crippen molar-refractivity contribution in [2.75, 3.05) is 11.4 Å². The van der Waals surface area contributed by atoms with E-state index in [1.165, 1.54) is 0 Å². The van der Waals surface area contributed by atoms with E-state index >= 15 is 0 Å². The van der Waals surface area contributed by atoms with Crippen LogP contribution in [0.1, 0.15) is 58.1 Å². The number of benzene rings is 1. The van der Waals surface area contributed by atoms with E-state index in [1.54, 1.807) is 4.90 Å². The maximum atomic E-state index is 12.5. The summed E-state index contributed by atoms with van der Waals surface area (Å²) in [5.41, 5.74) is 2.95. The zero-order chi connectivity index (χ0) is 17.4. The van der Waals surface area contributed by atoms with Crippen LogP contribution in [0.5, 0.6) is 0 Å². The van der Waals surface area contributed by atoms with Crippen LogP contribution >= 0.6 is 0 Å². The molecule has 4 nitrogen and oxygen atoms in total. The standard InChI is InChI=1S/C19H28N2O2/c1-12(2)15-9-7-8-13(3)17(15)21-11-14(10-16(21)22)18(23)20-19(4,5)6/h7-9,12,14H,10-11H2,1-6H3,(H,20,23). The smallest absolute Gasteiger partial charge is 0.227 e. The monoisotopic (exact) mass is 316 g/mol. The maximum Gasteiger partial charge on any atom is 0.227 e. The van der Waals surface area contributed by atoms with Crippen molar-refractivity contribution in [2.24, 2.45) is 5.92 Å². The average Bonchev–Trinajstić information content (AvgIpc) is 2.78. The van der Waals surface area contributed by atoms with Crippen LogP contribution < -0.4 is 10.2 Å². The number of aryl methyl sites for hydroxylation is 1. The number of anilines is 1. The Balaban J connectivity index is 2.27. The molecule has 0 spiro atoms. The molecule has 0 aliphatic carbocycles. The lowest BCUT2D eigenvalue weighted by Gasteiger charge is -2.25. The van der Waals surface area contributed by atoms with Gasteiger partial charge >= 0.3 is 0 Å². The molecule has 2 rings (SSSR count). The molecule has 0 saturated carbocycles. The van der Waals surface area contributed by atoms with Gasteiger partial charge in [-0.2, -0.15) is 0 Å². The summed E-state index contributed by atoms with van der Waals surface area (Å²) in [6, 6.07) is 6.12. The Kier molecular flexibility index (Phi) is 4.83. The van der Waals surface area contributed by atoms with Gasteiger partial charge in [0.05, 0.1) is 5.92 Å². The van der Waals surface area contributed by atoms with Gasteiger partial charge < -0.3 is 10.2 Å². The van der Waals surface area contributed by atoms with E-state index in [4.69, 9.17) is 0 Å². The third-order valence-electron chi connectivity index (χ3n) is 4.15. The lowest BCUT2D eigenvalue weighted by molar-refractivity contribution is -0.127. The maximum absolute atomic E-state index is 12.5. The minimum absolute atomic E-state index is 0.0342. The summed E-state index contributed by atoms with van der Waals surface area (Å²) >= 11 is 0. The number of carbonyl (C=O) groups is 2. The molecule has 23 heavy (non-hydrogen) atoms. The third kappa shape index (κ3) is 3.92. The van der Waals surface area contributed by atoms with E-state index in [2.05, 4.69) is 25.2 Å². The predicted octanol–water partition coefficient (Wildman–Crippen LogP) is 3.39. The molecule has 0 bridgehead atoms. The molecule has 4 heteroatoms. The number of amides is 2. The van der Waals surface area contributed by atoms with Gasteiger partial charge in [0.2, 0.25) is 11.8 Å². The molecule has 1 unspecified atom stereocenters. The first kappa shape index (κ1) is 17.5. The van der Waals surface area contributed by atoms with Gasteiger partial charge in [-0.05, 0) is 44.7 Å². The number of rotatable bonds is 3. The molecule has 1 aromatic rings. The van der Waals surface area contributed by atoms with E-state index in [1.807, 2.05) is 39.8 Å². The van der Waals surface area contributed by atoms with E-state index in [9.17, 15) is 9.59 Å². The average molecular weight is 316 g/mol. The summed E-state index contributed by atoms with van der Waals surface area (Å²) in [6.45, 7) is 12.6. The van der Waals surface area contributed by atoms with Crippen molar-refractivity contribution in [2.45, 2.75) is 59.4 Å². The highest BCUT2D eigenvalue weighted by molar-refractivity contribution is 6.01. The van der Waals surface area contributed by atoms with Gasteiger partial charge in [0, 0.05) is 24.2 Å². The van der Waals surface area contributed by atoms with Gasteiger partial charge in [0.15, 0.2) is 0 Å². The zero-order valence-corrected chi connectivity index (χ0v) is 15.1. The molecular formula is C19H28N2O2. The van der Waals surface area contributed by atoms with Gasteiger partial charge in [-0.15, -0.1) is 0 Å². The Hall–Kier alpha value is -1.84. The minimum atomic E-state index is -0.278. The highest BCUT2D eigenvalue weighted by Crippen LogP contribution is 2.35. The first-order valence-corrected chi connectivity index (χ1v) is 8.32. The van der Waals surface area contributed by atoms with E-state index in [0.717, 1.165) is 16.8 Å². The molecule has 2 amide bonds. The van der Waals surface area contributed by atoms with Crippen LogP contribution in [0.4, 0.5) is 5.69 Å². The molecule has 1 N–H and O–H groups in total. The Morgan fingerprint density at radius 3 is 2.52 bits per heavy atom. The van der Waals surface area contributed by atoms with Gasteiger partial charge in [0.25, 0.3) is 0 Å². The SMILES string of the molecule is Cc1cccc(C(C)C)c1N1CC(C(=O)NC(C)(C)C)CC1=O. The molecule has 1 aliphatic rings. The molecular weight excluding hydrogens is 288 g/mol.